The summed E-state index contributed by atoms with van der Waals surface area (Å²) in [5, 5.41) is 6.52. The predicted octanol–water partition coefficient (Wildman–Crippen LogP) is 3.75. The SMILES string of the molecule is Cc1csc(NCCC2=CCCCC2)n1. The zero-order valence-corrected chi connectivity index (χ0v) is 10.1. The number of rotatable bonds is 4. The van der Waals surface area contributed by atoms with Gasteiger partial charge in [0.2, 0.25) is 0 Å². The van der Waals surface area contributed by atoms with E-state index >= 15 is 0 Å². The van der Waals surface area contributed by atoms with Gasteiger partial charge in [-0.3, -0.25) is 0 Å². The van der Waals surface area contributed by atoms with Crippen molar-refractivity contribution >= 4 is 16.5 Å². The van der Waals surface area contributed by atoms with E-state index in [9.17, 15) is 0 Å². The van der Waals surface area contributed by atoms with Crippen LogP contribution in [0.15, 0.2) is 17.0 Å². The fraction of sp³-hybridized carbons (Fsp3) is 0.583. The Morgan fingerprint density at radius 1 is 1.47 bits per heavy atom. The van der Waals surface area contributed by atoms with Crippen molar-refractivity contribution in [1.82, 2.24) is 4.98 Å². The summed E-state index contributed by atoms with van der Waals surface area (Å²) in [6.45, 7) is 3.06. The number of thiazole rings is 1. The lowest BCUT2D eigenvalue weighted by molar-refractivity contribution is 0.679. The van der Waals surface area contributed by atoms with Crippen LogP contribution in [0.4, 0.5) is 5.13 Å². The van der Waals surface area contributed by atoms with E-state index < -0.39 is 0 Å². The molecule has 15 heavy (non-hydrogen) atoms. The number of hydrogen-bond donors (Lipinski definition) is 1. The lowest BCUT2D eigenvalue weighted by Gasteiger charge is -2.12. The Hall–Kier alpha value is -0.830. The third kappa shape index (κ3) is 3.34. The van der Waals surface area contributed by atoms with E-state index in [2.05, 4.69) is 21.8 Å². The first kappa shape index (κ1) is 10.7. The van der Waals surface area contributed by atoms with Crippen molar-refractivity contribution in [2.24, 2.45) is 0 Å². The molecule has 2 nitrogen and oxygen atoms in total. The molecule has 0 atom stereocenters. The molecule has 1 aliphatic carbocycles. The number of hydrogen-bond acceptors (Lipinski definition) is 3. The van der Waals surface area contributed by atoms with E-state index in [1.165, 1.54) is 32.1 Å². The molecule has 82 valence electrons. The number of anilines is 1. The molecule has 1 aromatic heterocycles. The molecule has 0 radical (unpaired) electrons. The van der Waals surface area contributed by atoms with Gasteiger partial charge in [-0.05, 0) is 39.0 Å². The van der Waals surface area contributed by atoms with Gasteiger partial charge >= 0.3 is 0 Å². The van der Waals surface area contributed by atoms with Crippen molar-refractivity contribution in [3.63, 3.8) is 0 Å². The van der Waals surface area contributed by atoms with Crippen LogP contribution < -0.4 is 5.32 Å². The van der Waals surface area contributed by atoms with E-state index in [-0.39, 0.29) is 0 Å². The molecule has 1 heterocycles. The van der Waals surface area contributed by atoms with E-state index in [0.717, 1.165) is 17.4 Å². The maximum atomic E-state index is 4.38. The topological polar surface area (TPSA) is 24.9 Å². The van der Waals surface area contributed by atoms with Crippen molar-refractivity contribution in [3.8, 4) is 0 Å². The maximum absolute atomic E-state index is 4.38. The summed E-state index contributed by atoms with van der Waals surface area (Å²) in [5.74, 6) is 0. The minimum atomic E-state index is 1.03. The van der Waals surface area contributed by atoms with Crippen LogP contribution in [0.3, 0.4) is 0 Å². The molecule has 0 bridgehead atoms. The molecule has 0 aromatic carbocycles. The number of aryl methyl sites for hydroxylation is 1. The predicted molar refractivity (Wildman–Crippen MR) is 66.5 cm³/mol. The summed E-state index contributed by atoms with van der Waals surface area (Å²) in [4.78, 5) is 4.38. The zero-order chi connectivity index (χ0) is 10.5. The third-order valence-corrected chi connectivity index (χ3v) is 3.64. The summed E-state index contributed by atoms with van der Waals surface area (Å²) in [5.41, 5.74) is 2.74. The van der Waals surface area contributed by atoms with Crippen LogP contribution >= 0.6 is 11.3 Å². The third-order valence-electron chi connectivity index (χ3n) is 2.73. The average molecular weight is 222 g/mol. The van der Waals surface area contributed by atoms with Crippen molar-refractivity contribution in [1.29, 1.82) is 0 Å². The largest absolute Gasteiger partial charge is 0.361 e. The molecule has 0 unspecified atom stereocenters. The number of aromatic nitrogens is 1. The molecule has 0 amide bonds. The van der Waals surface area contributed by atoms with Gasteiger partial charge in [-0.1, -0.05) is 11.6 Å². The average Bonchev–Trinajstić information content (AvgIpc) is 2.66. The molecule has 0 saturated heterocycles. The van der Waals surface area contributed by atoms with Crippen LogP contribution in [0.25, 0.3) is 0 Å². The van der Waals surface area contributed by atoms with E-state index in [4.69, 9.17) is 0 Å². The summed E-state index contributed by atoms with van der Waals surface area (Å²) in [6.07, 6.45) is 8.94. The van der Waals surface area contributed by atoms with Crippen molar-refractivity contribution in [2.75, 3.05) is 11.9 Å². The van der Waals surface area contributed by atoms with Gasteiger partial charge in [0.05, 0.1) is 5.69 Å². The first-order valence-electron chi connectivity index (χ1n) is 5.68. The number of nitrogens with zero attached hydrogens (tertiary/aromatic N) is 1. The molecule has 0 spiro atoms. The van der Waals surface area contributed by atoms with Gasteiger partial charge in [-0.25, -0.2) is 4.98 Å². The molecule has 0 fully saturated rings. The van der Waals surface area contributed by atoms with E-state index in [1.807, 2.05) is 6.92 Å². The summed E-state index contributed by atoms with van der Waals surface area (Å²) < 4.78 is 0. The second kappa shape index (κ2) is 5.31. The van der Waals surface area contributed by atoms with Gasteiger partial charge in [-0.15, -0.1) is 11.3 Å². The Labute approximate surface area is 95.4 Å². The van der Waals surface area contributed by atoms with Crippen LogP contribution in [0.5, 0.6) is 0 Å². The Bertz CT molecular complexity index is 341. The minimum Gasteiger partial charge on any atom is -0.361 e. The lowest BCUT2D eigenvalue weighted by atomic mass is 9.97. The van der Waals surface area contributed by atoms with Crippen LogP contribution in [0.2, 0.25) is 0 Å². The Morgan fingerprint density at radius 2 is 2.40 bits per heavy atom. The fourth-order valence-corrected chi connectivity index (χ4v) is 2.61. The second-order valence-corrected chi connectivity index (χ2v) is 4.94. The number of nitrogens with one attached hydrogen (secondary N) is 1. The quantitative estimate of drug-likeness (QED) is 0.785. The molecule has 3 heteroatoms. The number of allylic oxidation sites excluding steroid dienone is 1. The van der Waals surface area contributed by atoms with Crippen LogP contribution in [-0.4, -0.2) is 11.5 Å². The normalized spacial score (nSPS) is 16.2. The van der Waals surface area contributed by atoms with Gasteiger partial charge in [0.15, 0.2) is 5.13 Å². The molecule has 0 saturated carbocycles. The second-order valence-electron chi connectivity index (χ2n) is 4.08. The van der Waals surface area contributed by atoms with Crippen LogP contribution in [-0.2, 0) is 0 Å². The Balaban J connectivity index is 1.72. The summed E-state index contributed by atoms with van der Waals surface area (Å²) >= 11 is 1.69. The monoisotopic (exact) mass is 222 g/mol. The Morgan fingerprint density at radius 3 is 3.07 bits per heavy atom. The zero-order valence-electron chi connectivity index (χ0n) is 9.25. The lowest BCUT2D eigenvalue weighted by Crippen LogP contribution is -2.04. The molecular formula is C12H18N2S. The van der Waals surface area contributed by atoms with Crippen molar-refractivity contribution in [3.05, 3.63) is 22.7 Å². The molecule has 2 rings (SSSR count). The maximum Gasteiger partial charge on any atom is 0.182 e. The standard InChI is InChI=1S/C12H18N2S/c1-10-9-15-12(14-10)13-8-7-11-5-3-2-4-6-11/h5,9H,2-4,6-8H2,1H3,(H,13,14). The van der Waals surface area contributed by atoms with Crippen LogP contribution in [0.1, 0.15) is 37.8 Å². The molecule has 0 aliphatic heterocycles. The fourth-order valence-electron chi connectivity index (χ4n) is 1.90. The summed E-state index contributed by atoms with van der Waals surface area (Å²) in [7, 11) is 0. The van der Waals surface area contributed by atoms with Crippen molar-refractivity contribution < 1.29 is 0 Å². The highest BCUT2D eigenvalue weighted by Gasteiger charge is 2.03. The first-order chi connectivity index (χ1) is 7.34. The van der Waals surface area contributed by atoms with E-state index in [1.54, 1.807) is 16.9 Å². The molecule has 1 N–H and O–H groups in total. The molecule has 1 aromatic rings. The van der Waals surface area contributed by atoms with Gasteiger partial charge in [0.25, 0.3) is 0 Å². The smallest absolute Gasteiger partial charge is 0.182 e. The molecule has 1 aliphatic rings. The van der Waals surface area contributed by atoms with Gasteiger partial charge < -0.3 is 5.32 Å². The minimum absolute atomic E-state index is 1.03. The highest BCUT2D eigenvalue weighted by atomic mass is 32.1. The van der Waals surface area contributed by atoms with Gasteiger partial charge in [0, 0.05) is 11.9 Å². The van der Waals surface area contributed by atoms with Crippen LogP contribution in [0, 0.1) is 6.92 Å². The highest BCUT2D eigenvalue weighted by molar-refractivity contribution is 7.13. The van der Waals surface area contributed by atoms with Gasteiger partial charge in [0.1, 0.15) is 0 Å². The first-order valence-corrected chi connectivity index (χ1v) is 6.56. The molecular weight excluding hydrogens is 204 g/mol. The highest BCUT2D eigenvalue weighted by Crippen LogP contribution is 2.20. The Kier molecular flexibility index (Phi) is 3.78. The summed E-state index contributed by atoms with van der Waals surface area (Å²) in [6, 6.07) is 0. The van der Waals surface area contributed by atoms with Crippen molar-refractivity contribution in [2.45, 2.75) is 39.0 Å². The van der Waals surface area contributed by atoms with Gasteiger partial charge in [-0.2, -0.15) is 0 Å². The van der Waals surface area contributed by atoms with E-state index in [0.29, 0.717) is 0 Å².